The predicted molar refractivity (Wildman–Crippen MR) is 150 cm³/mol. The second-order valence-corrected chi connectivity index (χ2v) is 11.5. The average molecular weight is 604 g/mol. The number of rotatable bonds is 6. The molecule has 2 atom stereocenters. The number of carboxylic acid groups (broad SMARTS) is 2. The van der Waals surface area contributed by atoms with Gasteiger partial charge in [0.2, 0.25) is 11.4 Å². The summed E-state index contributed by atoms with van der Waals surface area (Å²) in [7, 11) is -4.40. The molecule has 42 heavy (non-hydrogen) atoms. The molecule has 2 aromatic rings. The van der Waals surface area contributed by atoms with Gasteiger partial charge in [-0.25, -0.2) is 9.18 Å². The highest BCUT2D eigenvalue weighted by atomic mass is 32.2. The quantitative estimate of drug-likeness (QED) is 0.356. The van der Waals surface area contributed by atoms with Gasteiger partial charge in [-0.15, -0.1) is 0 Å². The minimum absolute atomic E-state index is 0.0290. The number of halogens is 1. The summed E-state index contributed by atoms with van der Waals surface area (Å²) in [4.78, 5) is 37.8. The first-order valence-electron chi connectivity index (χ1n) is 12.9. The summed E-state index contributed by atoms with van der Waals surface area (Å²) >= 11 is 0. The van der Waals surface area contributed by atoms with Crippen molar-refractivity contribution in [1.82, 2.24) is 5.32 Å². The monoisotopic (exact) mass is 603 g/mol. The standard InChI is InChI=1S/C15H13FO4.C13H17N3O5S/c1-9-6-10(13(17)18)8-15(7-9,14(19)20)11-4-2-3-5-12(11)16;17-12-9-16(13(14-12)22(18,19)20)11-3-1-10(2-4-11)15-5-7-21-8-6-15/h2-7H,8H2,1H3,(H,17,18)(H,19,20);1-4,13H,5-9H2,(H,14,17)(H,18,19,20). The van der Waals surface area contributed by atoms with E-state index < -0.39 is 44.7 Å². The van der Waals surface area contributed by atoms with Crippen molar-refractivity contribution in [2.45, 2.75) is 24.3 Å². The Morgan fingerprint density at radius 1 is 1.05 bits per heavy atom. The summed E-state index contributed by atoms with van der Waals surface area (Å²) in [5.74, 6) is -3.57. The van der Waals surface area contributed by atoms with Crippen molar-refractivity contribution in [3.8, 4) is 0 Å². The lowest BCUT2D eigenvalue weighted by Gasteiger charge is -2.30. The lowest BCUT2D eigenvalue weighted by atomic mass is 9.71. The van der Waals surface area contributed by atoms with Crippen LogP contribution in [-0.2, 0) is 34.7 Å². The van der Waals surface area contributed by atoms with Gasteiger partial charge in [0.1, 0.15) is 11.2 Å². The van der Waals surface area contributed by atoms with Crippen molar-refractivity contribution < 1.29 is 46.7 Å². The summed E-state index contributed by atoms with van der Waals surface area (Å²) in [6.45, 7) is 4.45. The Morgan fingerprint density at radius 2 is 1.67 bits per heavy atom. The number of benzene rings is 2. The number of anilines is 2. The molecule has 14 heteroatoms. The highest BCUT2D eigenvalue weighted by Gasteiger charge is 2.44. The third-order valence-corrected chi connectivity index (χ3v) is 8.01. The first kappa shape index (κ1) is 30.7. The molecule has 2 fully saturated rings. The zero-order valence-corrected chi connectivity index (χ0v) is 23.4. The number of carbonyl (C=O) groups is 3. The first-order chi connectivity index (χ1) is 19.8. The number of allylic oxidation sites excluding steroid dienone is 2. The van der Waals surface area contributed by atoms with E-state index in [2.05, 4.69) is 10.2 Å². The van der Waals surface area contributed by atoms with Crippen LogP contribution in [-0.4, -0.2) is 79.4 Å². The third kappa shape index (κ3) is 6.61. The van der Waals surface area contributed by atoms with Crippen LogP contribution in [0.25, 0.3) is 0 Å². The first-order valence-corrected chi connectivity index (χ1v) is 14.4. The minimum Gasteiger partial charge on any atom is -0.480 e. The average Bonchev–Trinajstić information content (AvgIpc) is 3.36. The third-order valence-electron chi connectivity index (χ3n) is 7.08. The summed E-state index contributed by atoms with van der Waals surface area (Å²) in [5, 5.41) is 20.9. The fraction of sp³-hybridized carbons (Fsp3) is 0.321. The molecule has 2 unspecified atom stereocenters. The van der Waals surface area contributed by atoms with Crippen molar-refractivity contribution in [3.05, 3.63) is 83.2 Å². The van der Waals surface area contributed by atoms with Crippen LogP contribution in [0.3, 0.4) is 0 Å². The molecule has 0 bridgehead atoms. The van der Waals surface area contributed by atoms with E-state index in [4.69, 9.17) is 9.84 Å². The van der Waals surface area contributed by atoms with Crippen molar-refractivity contribution in [1.29, 1.82) is 0 Å². The van der Waals surface area contributed by atoms with Crippen molar-refractivity contribution >= 4 is 39.3 Å². The molecule has 1 aliphatic carbocycles. The Hall–Kier alpha value is -4.27. The SMILES string of the molecule is CC1=CC(C(=O)O)(c2ccccc2F)CC(C(=O)O)=C1.O=C1CN(c2ccc(N3CCOCC3)cc2)C(S(=O)(=O)O)N1. The number of nitrogens with zero attached hydrogens (tertiary/aromatic N) is 2. The normalized spacial score (nSPS) is 22.4. The topological polar surface area (TPSA) is 174 Å². The highest BCUT2D eigenvalue weighted by molar-refractivity contribution is 7.86. The van der Waals surface area contributed by atoms with Gasteiger partial charge in [0, 0.05) is 42.0 Å². The van der Waals surface area contributed by atoms with Gasteiger partial charge in [0.25, 0.3) is 0 Å². The lowest BCUT2D eigenvalue weighted by Crippen LogP contribution is -2.42. The van der Waals surface area contributed by atoms with Gasteiger partial charge in [-0.1, -0.05) is 29.8 Å². The van der Waals surface area contributed by atoms with Gasteiger partial charge in [-0.2, -0.15) is 8.42 Å². The van der Waals surface area contributed by atoms with Crippen molar-refractivity contribution in [3.63, 3.8) is 0 Å². The second kappa shape index (κ2) is 12.3. The Labute approximate surface area is 241 Å². The fourth-order valence-corrected chi connectivity index (χ4v) is 5.93. The molecule has 12 nitrogen and oxygen atoms in total. The number of carboxylic acids is 2. The Balaban J connectivity index is 0.000000194. The van der Waals surface area contributed by atoms with Gasteiger partial charge in [-0.3, -0.25) is 14.1 Å². The maximum atomic E-state index is 14.0. The van der Waals surface area contributed by atoms with E-state index in [0.717, 1.165) is 18.8 Å². The molecule has 2 aliphatic heterocycles. The molecule has 4 N–H and O–H groups in total. The van der Waals surface area contributed by atoms with Gasteiger partial charge >= 0.3 is 22.1 Å². The lowest BCUT2D eigenvalue weighted by molar-refractivity contribution is -0.142. The van der Waals surface area contributed by atoms with E-state index in [0.29, 0.717) is 24.5 Å². The molecule has 0 saturated carbocycles. The maximum absolute atomic E-state index is 14.0. The van der Waals surface area contributed by atoms with Crippen molar-refractivity contribution in [2.24, 2.45) is 0 Å². The van der Waals surface area contributed by atoms with Crippen LogP contribution in [0.1, 0.15) is 18.9 Å². The van der Waals surface area contributed by atoms with E-state index >= 15 is 0 Å². The molecule has 1 amide bonds. The van der Waals surface area contributed by atoms with Crippen LogP contribution in [0, 0.1) is 5.82 Å². The molecular formula is C28H30FN3O9S. The number of aliphatic carboxylic acids is 2. The van der Waals surface area contributed by atoms with E-state index in [1.807, 2.05) is 12.1 Å². The van der Waals surface area contributed by atoms with Crippen molar-refractivity contribution in [2.75, 3.05) is 42.6 Å². The Morgan fingerprint density at radius 3 is 2.24 bits per heavy atom. The molecule has 2 heterocycles. The molecule has 0 radical (unpaired) electrons. The van der Waals surface area contributed by atoms with E-state index in [1.54, 1.807) is 19.1 Å². The van der Waals surface area contributed by atoms with Gasteiger partial charge < -0.3 is 30.1 Å². The molecule has 224 valence electrons. The van der Waals surface area contributed by atoms with Crippen LogP contribution < -0.4 is 15.1 Å². The van der Waals surface area contributed by atoms with E-state index in [1.165, 1.54) is 41.3 Å². The number of hydrogen-bond donors (Lipinski definition) is 4. The number of hydrogen-bond acceptors (Lipinski definition) is 8. The molecule has 0 spiro atoms. The van der Waals surface area contributed by atoms with Crippen LogP contribution in [0.5, 0.6) is 0 Å². The van der Waals surface area contributed by atoms with E-state index in [9.17, 15) is 36.9 Å². The number of morpholine rings is 1. The highest BCUT2D eigenvalue weighted by Crippen LogP contribution is 2.39. The molecular weight excluding hydrogens is 573 g/mol. The second-order valence-electron chi connectivity index (χ2n) is 9.97. The molecule has 5 rings (SSSR count). The fourth-order valence-electron chi connectivity index (χ4n) is 5.13. The zero-order chi connectivity index (χ0) is 30.7. The molecule has 2 aromatic carbocycles. The van der Waals surface area contributed by atoms with Gasteiger partial charge in [0.05, 0.1) is 19.8 Å². The van der Waals surface area contributed by atoms with Gasteiger partial charge in [-0.05, 0) is 43.3 Å². The van der Waals surface area contributed by atoms with E-state index in [-0.39, 0.29) is 24.1 Å². The maximum Gasteiger partial charge on any atom is 0.331 e. The predicted octanol–water partition coefficient (Wildman–Crippen LogP) is 2.14. The smallest absolute Gasteiger partial charge is 0.331 e. The van der Waals surface area contributed by atoms with Crippen LogP contribution in [0.4, 0.5) is 15.8 Å². The number of ether oxygens (including phenoxy) is 1. The van der Waals surface area contributed by atoms with Gasteiger partial charge in [0.15, 0.2) is 0 Å². The summed E-state index contributed by atoms with van der Waals surface area (Å²) in [6, 6.07) is 12.7. The Kier molecular flexibility index (Phi) is 8.99. The summed E-state index contributed by atoms with van der Waals surface area (Å²) in [6.07, 6.45) is 2.53. The molecule has 2 saturated heterocycles. The molecule has 0 aromatic heterocycles. The zero-order valence-electron chi connectivity index (χ0n) is 22.6. The number of amides is 1. The summed E-state index contributed by atoms with van der Waals surface area (Å²) in [5.41, 5.74) is -1.15. The molecule has 3 aliphatic rings. The number of nitrogens with one attached hydrogen (secondary N) is 1. The summed E-state index contributed by atoms with van der Waals surface area (Å²) < 4.78 is 51.2. The van der Waals surface area contributed by atoms with Crippen LogP contribution >= 0.6 is 0 Å². The Bertz CT molecular complexity index is 1540. The van der Waals surface area contributed by atoms with Crippen LogP contribution in [0.2, 0.25) is 0 Å². The van der Waals surface area contributed by atoms with Crippen LogP contribution in [0.15, 0.2) is 71.8 Å². The largest absolute Gasteiger partial charge is 0.480 e. The number of carbonyl (C=O) groups excluding carboxylic acids is 1. The minimum atomic E-state index is -4.40.